The first-order valence-corrected chi connectivity index (χ1v) is 29.5. The molecular weight excluding hydrogens is 1180 g/mol. The van der Waals surface area contributed by atoms with Crippen molar-refractivity contribution in [2.45, 2.75) is 169 Å². The van der Waals surface area contributed by atoms with Crippen LogP contribution >= 0.6 is 31.9 Å². The molecule has 0 unspecified atom stereocenters. The third-order valence-electron chi connectivity index (χ3n) is 14.3. The summed E-state index contributed by atoms with van der Waals surface area (Å²) in [5, 5.41) is 8.78. The number of carbonyl (C=O) groups excluding carboxylic acids is 8. The number of hydrogen-bond acceptors (Lipinski definition) is 14. The van der Waals surface area contributed by atoms with Gasteiger partial charge in [0.2, 0.25) is 0 Å². The lowest BCUT2D eigenvalue weighted by atomic mass is 9.99. The predicted octanol–water partition coefficient (Wildman–Crippen LogP) is 7.68. The zero-order valence-corrected chi connectivity index (χ0v) is 52.9. The number of nitrogens with zero attached hydrogens (tertiary/aromatic N) is 8. The topological polar surface area (TPSA) is 222 Å². The van der Waals surface area contributed by atoms with Gasteiger partial charge in [-0.05, 0) is 129 Å². The zero-order valence-electron chi connectivity index (χ0n) is 49.7. The van der Waals surface area contributed by atoms with Gasteiger partial charge in [-0.15, -0.1) is 0 Å². The highest BCUT2D eigenvalue weighted by atomic mass is 79.9. The van der Waals surface area contributed by atoms with Crippen molar-refractivity contribution < 1.29 is 57.3 Å². The van der Waals surface area contributed by atoms with Crippen molar-refractivity contribution in [1.29, 1.82) is 0 Å². The first-order valence-electron chi connectivity index (χ1n) is 27.9. The summed E-state index contributed by atoms with van der Waals surface area (Å²) in [6.45, 7) is 18.4. The smallest absolute Gasteiger partial charge is 0.329 e. The van der Waals surface area contributed by atoms with E-state index in [0.717, 1.165) is 30.7 Å². The maximum Gasteiger partial charge on any atom is 0.329 e. The van der Waals surface area contributed by atoms with Crippen LogP contribution in [0.25, 0.3) is 0 Å². The molecule has 4 aromatic rings. The van der Waals surface area contributed by atoms with E-state index in [9.17, 15) is 28.8 Å². The Morgan fingerprint density at radius 3 is 0.915 bits per heavy atom. The molecule has 1 fully saturated rings. The maximum atomic E-state index is 15.0. The number of amides is 4. The molecule has 4 amide bonds. The Bertz CT molecular complexity index is 2630. The predicted molar refractivity (Wildman–Crippen MR) is 313 cm³/mol. The van der Waals surface area contributed by atoms with Gasteiger partial charge in [0.1, 0.15) is 33.4 Å². The number of cyclic esters (lactones) is 4. The molecule has 0 spiro atoms. The second-order valence-corrected chi connectivity index (χ2v) is 24.7. The summed E-state index contributed by atoms with van der Waals surface area (Å²) in [7, 11) is 5.56. The fourth-order valence-corrected chi connectivity index (χ4v) is 10.3. The number of ether oxygens (including phenoxy) is 4. The zero-order chi connectivity index (χ0) is 60.9. The summed E-state index contributed by atoms with van der Waals surface area (Å²) in [6.07, 6.45) is -2.37. The first-order chi connectivity index (χ1) is 38.5. The largest absolute Gasteiger partial charge is 0.451 e. The fraction of sp³-hybridized carbons (Fsp3) is 0.567. The molecule has 22 heteroatoms. The van der Waals surface area contributed by atoms with E-state index in [1.807, 2.05) is 104 Å². The second kappa shape index (κ2) is 30.2. The molecular formula is C60H82Br2N8O12. The third kappa shape index (κ3) is 18.8. The van der Waals surface area contributed by atoms with E-state index in [2.05, 4.69) is 42.1 Å². The number of halogens is 2. The van der Waals surface area contributed by atoms with Crippen molar-refractivity contribution in [3.05, 3.63) is 105 Å². The molecule has 20 nitrogen and oxygen atoms in total. The monoisotopic (exact) mass is 1260 g/mol. The van der Waals surface area contributed by atoms with Gasteiger partial charge in [0.15, 0.2) is 24.4 Å². The molecule has 1 aliphatic rings. The van der Waals surface area contributed by atoms with Crippen LogP contribution in [-0.2, 0) is 83.2 Å². The second-order valence-electron chi connectivity index (χ2n) is 23.1. The Labute approximate surface area is 499 Å². The molecule has 82 heavy (non-hydrogen) atoms. The van der Waals surface area contributed by atoms with E-state index < -0.39 is 96.1 Å². The van der Waals surface area contributed by atoms with Gasteiger partial charge in [-0.3, -0.25) is 28.5 Å². The van der Waals surface area contributed by atoms with E-state index in [1.165, 1.54) is 42.0 Å². The minimum absolute atomic E-state index is 0.0792. The van der Waals surface area contributed by atoms with Crippen molar-refractivity contribution in [3.63, 3.8) is 0 Å². The molecule has 0 saturated carbocycles. The molecule has 0 aliphatic carbocycles. The maximum absolute atomic E-state index is 15.0. The highest BCUT2D eigenvalue weighted by Crippen LogP contribution is 2.25. The first kappa shape index (κ1) is 66.4. The van der Waals surface area contributed by atoms with E-state index in [-0.39, 0.29) is 62.2 Å². The quantitative estimate of drug-likeness (QED) is 0.0776. The van der Waals surface area contributed by atoms with E-state index in [0.29, 0.717) is 33.4 Å². The summed E-state index contributed by atoms with van der Waals surface area (Å²) >= 11 is 6.74. The molecule has 5 rings (SSSR count). The number of aromatic nitrogens is 4. The Morgan fingerprint density at radius 1 is 0.402 bits per heavy atom. The number of hydrogen-bond donors (Lipinski definition) is 0. The summed E-state index contributed by atoms with van der Waals surface area (Å²) in [5.41, 5.74) is 3.01. The minimum atomic E-state index is -1.54. The van der Waals surface area contributed by atoms with Crippen molar-refractivity contribution >= 4 is 79.4 Å². The lowest BCUT2D eigenvalue weighted by molar-refractivity contribution is -0.176. The number of carbonyl (C=O) groups is 8. The lowest BCUT2D eigenvalue weighted by Gasteiger charge is -2.35. The molecule has 0 bridgehead atoms. The van der Waals surface area contributed by atoms with Crippen LogP contribution in [0.5, 0.6) is 0 Å². The van der Waals surface area contributed by atoms with Crippen LogP contribution in [0.3, 0.4) is 0 Å². The molecule has 1 saturated heterocycles. The molecule has 8 atom stereocenters. The van der Waals surface area contributed by atoms with Crippen LogP contribution in [0, 0.1) is 23.7 Å². The molecule has 2 aromatic heterocycles. The van der Waals surface area contributed by atoms with E-state index in [4.69, 9.17) is 18.9 Å². The fourth-order valence-electron chi connectivity index (χ4n) is 9.69. The van der Waals surface area contributed by atoms with Gasteiger partial charge in [0.05, 0.1) is 13.1 Å². The van der Waals surface area contributed by atoms with Gasteiger partial charge < -0.3 is 38.5 Å². The summed E-state index contributed by atoms with van der Waals surface area (Å²) < 4.78 is 29.1. The SMILES string of the molecule is CC(C)C[C@H]1C(=O)O[C@H](Cc2ccc(Cn3ccc(Br)n3)cc2)C(=O)N(C)[C@@H](CC(C)C)C(=O)O[C@H](C)C(=O)N(C)[C@@H](CC(C)C)C(=O)O[C@H](Cc2ccc(Cn3ccc(Br)n3)cc2)C(=O)N(C)[C@@H](CC(C)C)C(=O)O[C@H](C)C(=O)N1C. The Morgan fingerprint density at radius 2 is 0.659 bits per heavy atom. The summed E-state index contributed by atoms with van der Waals surface area (Å²) in [5.74, 6) is -7.47. The minimum Gasteiger partial charge on any atom is -0.451 e. The van der Waals surface area contributed by atoms with Gasteiger partial charge >= 0.3 is 23.9 Å². The van der Waals surface area contributed by atoms with Crippen molar-refractivity contribution in [3.8, 4) is 0 Å². The van der Waals surface area contributed by atoms with Gasteiger partial charge in [0, 0.05) is 53.4 Å². The van der Waals surface area contributed by atoms with Crippen molar-refractivity contribution in [2.24, 2.45) is 23.7 Å². The normalized spacial score (nSPS) is 23.0. The average molecular weight is 1270 g/mol. The number of likely N-dealkylation sites (N-methyl/N-ethyl adjacent to an activating group) is 4. The Hall–Kier alpha value is -6.42. The standard InChI is InChI=1S/C60H82Br2N8O12/c1-35(2)27-45-57(75)79-39(9)53(71)65(11)48(30-38(7)8)60(78)82-50(32-42-17-21-44(22-18-42)34-70-26-24-52(62)64-70)56(74)68(14)46(28-36(3)4)58(76)80-40(10)54(72)66(12)47(29-37(5)6)59(77)81-49(55(73)67(45)13)31-41-15-19-43(20-16-41)33-69-25-23-51(61)63-69/h15-26,35-40,45-50H,27-34H2,1-14H3/t39-,40-,45+,46+,47+,48+,49-,50-/m1/s1. The summed E-state index contributed by atoms with van der Waals surface area (Å²) in [4.78, 5) is 122. The molecule has 3 heterocycles. The Kier molecular flexibility index (Phi) is 24.5. The molecule has 0 radical (unpaired) electrons. The van der Waals surface area contributed by atoms with Crippen LogP contribution < -0.4 is 0 Å². The van der Waals surface area contributed by atoms with Crippen LogP contribution in [0.1, 0.15) is 117 Å². The van der Waals surface area contributed by atoms with Gasteiger partial charge in [-0.25, -0.2) is 19.2 Å². The lowest BCUT2D eigenvalue weighted by Crippen LogP contribution is -2.55. The van der Waals surface area contributed by atoms with Crippen LogP contribution in [0.4, 0.5) is 0 Å². The van der Waals surface area contributed by atoms with Crippen LogP contribution in [-0.4, -0.2) is 163 Å². The molecule has 1 aliphatic heterocycles. The van der Waals surface area contributed by atoms with Crippen molar-refractivity contribution in [2.75, 3.05) is 28.2 Å². The van der Waals surface area contributed by atoms with Crippen LogP contribution in [0.15, 0.2) is 82.3 Å². The Balaban J connectivity index is 1.59. The van der Waals surface area contributed by atoms with E-state index >= 15 is 9.59 Å². The van der Waals surface area contributed by atoms with Gasteiger partial charge in [-0.2, -0.15) is 10.2 Å². The number of benzene rings is 2. The number of rotatable bonds is 16. The third-order valence-corrected chi connectivity index (χ3v) is 15.1. The molecule has 2 aromatic carbocycles. The van der Waals surface area contributed by atoms with Gasteiger partial charge in [0.25, 0.3) is 23.6 Å². The summed E-state index contributed by atoms with van der Waals surface area (Å²) in [6, 6.07) is 13.1. The molecule has 0 N–H and O–H groups in total. The highest BCUT2D eigenvalue weighted by Gasteiger charge is 2.43. The van der Waals surface area contributed by atoms with Crippen molar-refractivity contribution in [1.82, 2.24) is 39.2 Å². The van der Waals surface area contributed by atoms with Crippen LogP contribution in [0.2, 0.25) is 0 Å². The molecule has 448 valence electrons. The average Bonchev–Trinajstić information content (AvgIpc) is 4.20. The van der Waals surface area contributed by atoms with Gasteiger partial charge in [-0.1, -0.05) is 104 Å². The number of esters is 4. The van der Waals surface area contributed by atoms with E-state index in [1.54, 1.807) is 33.6 Å². The highest BCUT2D eigenvalue weighted by molar-refractivity contribution is 9.10.